The molecule has 0 atom stereocenters. The predicted molar refractivity (Wildman–Crippen MR) is 80.0 cm³/mol. The lowest BCUT2D eigenvalue weighted by Gasteiger charge is -2.05. The van der Waals surface area contributed by atoms with Gasteiger partial charge in [0.05, 0.1) is 16.6 Å². The quantitative estimate of drug-likeness (QED) is 0.501. The molecule has 0 spiro atoms. The minimum atomic E-state index is -0.0932. The van der Waals surface area contributed by atoms with Crippen molar-refractivity contribution in [2.75, 3.05) is 7.11 Å². The molecule has 0 fully saturated rings. The fourth-order valence-corrected chi connectivity index (χ4v) is 2.69. The largest absolute Gasteiger partial charge is 0.399 e. The van der Waals surface area contributed by atoms with Crippen molar-refractivity contribution in [1.29, 1.82) is 0 Å². The van der Waals surface area contributed by atoms with Crippen molar-refractivity contribution in [3.8, 4) is 5.69 Å². The number of para-hydroxylation sites is 2. The van der Waals surface area contributed by atoms with E-state index in [-0.39, 0.29) is 5.56 Å². The Kier molecular flexibility index (Phi) is 2.41. The van der Waals surface area contributed by atoms with Crippen LogP contribution in [0, 0.1) is 0 Å². The topological polar surface area (TPSA) is 56.5 Å². The van der Waals surface area contributed by atoms with Crippen molar-refractivity contribution in [2.24, 2.45) is 5.16 Å². The van der Waals surface area contributed by atoms with Crippen LogP contribution < -0.4 is 5.56 Å². The van der Waals surface area contributed by atoms with Gasteiger partial charge in [0.2, 0.25) is 0 Å². The first-order chi connectivity index (χ1) is 10.3. The third-order valence-corrected chi connectivity index (χ3v) is 3.57. The number of aromatic nitrogens is 2. The van der Waals surface area contributed by atoms with Crippen LogP contribution >= 0.6 is 0 Å². The first kappa shape index (κ1) is 11.8. The fourth-order valence-electron chi connectivity index (χ4n) is 2.69. The van der Waals surface area contributed by atoms with Gasteiger partial charge in [-0.2, -0.15) is 0 Å². The Hall–Kier alpha value is -2.95. The number of hydrogen-bond acceptors (Lipinski definition) is 4. The second-order valence-electron chi connectivity index (χ2n) is 4.73. The van der Waals surface area contributed by atoms with Crippen LogP contribution in [0.3, 0.4) is 0 Å². The summed E-state index contributed by atoms with van der Waals surface area (Å²) in [6, 6.07) is 14.9. The highest BCUT2D eigenvalue weighted by Crippen LogP contribution is 2.26. The van der Waals surface area contributed by atoms with E-state index < -0.39 is 0 Å². The molecule has 21 heavy (non-hydrogen) atoms. The van der Waals surface area contributed by atoms with Crippen LogP contribution in [0.1, 0.15) is 11.4 Å². The zero-order valence-electron chi connectivity index (χ0n) is 11.3. The summed E-state index contributed by atoms with van der Waals surface area (Å²) in [5.41, 5.74) is 2.77. The van der Waals surface area contributed by atoms with Crippen molar-refractivity contribution in [3.05, 3.63) is 70.3 Å². The second-order valence-corrected chi connectivity index (χ2v) is 4.73. The zero-order valence-corrected chi connectivity index (χ0v) is 11.3. The summed E-state index contributed by atoms with van der Waals surface area (Å²) in [4.78, 5) is 22.3. The third-order valence-electron chi connectivity index (χ3n) is 3.57. The van der Waals surface area contributed by atoms with Crippen LogP contribution in [0.4, 0.5) is 0 Å². The zero-order chi connectivity index (χ0) is 14.4. The molecular formula is C16H11N3O2. The maximum absolute atomic E-state index is 12.8. The van der Waals surface area contributed by atoms with E-state index in [4.69, 9.17) is 4.84 Å². The summed E-state index contributed by atoms with van der Waals surface area (Å²) < 4.78 is 1.59. The highest BCUT2D eigenvalue weighted by molar-refractivity contribution is 6.16. The van der Waals surface area contributed by atoms with Crippen molar-refractivity contribution in [1.82, 2.24) is 9.55 Å². The van der Waals surface area contributed by atoms with Crippen LogP contribution in [0.25, 0.3) is 16.6 Å². The van der Waals surface area contributed by atoms with Gasteiger partial charge in [0.15, 0.2) is 11.5 Å². The van der Waals surface area contributed by atoms with E-state index in [9.17, 15) is 4.79 Å². The Morgan fingerprint density at radius 2 is 1.86 bits per heavy atom. The Labute approximate surface area is 120 Å². The SMILES string of the molecule is CON=C1c2ccccc2-n2c1nc1ccccc1c2=O. The maximum atomic E-state index is 12.8. The molecule has 5 heteroatoms. The van der Waals surface area contributed by atoms with E-state index in [1.54, 1.807) is 10.6 Å². The lowest BCUT2D eigenvalue weighted by Crippen LogP contribution is -2.21. The van der Waals surface area contributed by atoms with Crippen LogP contribution in [-0.4, -0.2) is 22.4 Å². The van der Waals surface area contributed by atoms with Gasteiger partial charge in [-0.05, 0) is 18.2 Å². The van der Waals surface area contributed by atoms with Crippen molar-refractivity contribution in [3.63, 3.8) is 0 Å². The average Bonchev–Trinajstić information content (AvgIpc) is 2.83. The summed E-state index contributed by atoms with van der Waals surface area (Å²) in [7, 11) is 1.48. The minimum Gasteiger partial charge on any atom is -0.399 e. The highest BCUT2D eigenvalue weighted by Gasteiger charge is 2.28. The molecule has 0 N–H and O–H groups in total. The molecule has 4 rings (SSSR count). The molecule has 1 aliphatic rings. The molecule has 0 unspecified atom stereocenters. The molecule has 1 aromatic heterocycles. The fraction of sp³-hybridized carbons (Fsp3) is 0.0625. The third kappa shape index (κ3) is 1.54. The Morgan fingerprint density at radius 3 is 2.71 bits per heavy atom. The summed E-state index contributed by atoms with van der Waals surface area (Å²) in [6.07, 6.45) is 0. The molecule has 0 bridgehead atoms. The number of rotatable bonds is 1. The molecule has 2 aromatic carbocycles. The van der Waals surface area contributed by atoms with Crippen LogP contribution in [0.15, 0.2) is 58.5 Å². The molecule has 1 aliphatic heterocycles. The average molecular weight is 277 g/mol. The monoisotopic (exact) mass is 277 g/mol. The number of oxime groups is 1. The molecule has 102 valence electrons. The molecule has 0 radical (unpaired) electrons. The van der Waals surface area contributed by atoms with Crippen molar-refractivity contribution >= 4 is 16.6 Å². The normalized spacial score (nSPS) is 14.2. The molecule has 5 nitrogen and oxygen atoms in total. The van der Waals surface area contributed by atoms with Gasteiger partial charge in [0.25, 0.3) is 5.56 Å². The standard InChI is InChI=1S/C16H11N3O2/c1-21-18-14-11-7-3-5-9-13(11)19-15(14)17-12-8-4-2-6-10(12)16(19)20/h2-9H,1H3. The van der Waals surface area contributed by atoms with Gasteiger partial charge in [-0.1, -0.05) is 35.5 Å². The van der Waals surface area contributed by atoms with E-state index in [1.165, 1.54) is 7.11 Å². The Morgan fingerprint density at radius 1 is 1.10 bits per heavy atom. The smallest absolute Gasteiger partial charge is 0.266 e. The number of nitrogens with zero attached hydrogens (tertiary/aromatic N) is 3. The predicted octanol–water partition coefficient (Wildman–Crippen LogP) is 2.10. The number of benzene rings is 2. The Balaban J connectivity index is 2.20. The summed E-state index contributed by atoms with van der Waals surface area (Å²) in [5, 5.41) is 4.64. The van der Waals surface area contributed by atoms with E-state index in [1.807, 2.05) is 42.5 Å². The van der Waals surface area contributed by atoms with Crippen LogP contribution in [0.2, 0.25) is 0 Å². The first-order valence-electron chi connectivity index (χ1n) is 6.54. The molecule has 0 saturated heterocycles. The number of hydrogen-bond donors (Lipinski definition) is 0. The van der Waals surface area contributed by atoms with Crippen molar-refractivity contribution in [2.45, 2.75) is 0 Å². The van der Waals surface area contributed by atoms with Gasteiger partial charge in [0, 0.05) is 5.56 Å². The van der Waals surface area contributed by atoms with Crippen molar-refractivity contribution < 1.29 is 4.84 Å². The van der Waals surface area contributed by atoms with Gasteiger partial charge in [-0.3, -0.25) is 9.36 Å². The lowest BCUT2D eigenvalue weighted by molar-refractivity contribution is 0.214. The molecule has 2 heterocycles. The first-order valence-corrected chi connectivity index (χ1v) is 6.54. The van der Waals surface area contributed by atoms with Gasteiger partial charge < -0.3 is 4.84 Å². The van der Waals surface area contributed by atoms with E-state index >= 15 is 0 Å². The van der Waals surface area contributed by atoms with Gasteiger partial charge in [-0.25, -0.2) is 4.98 Å². The van der Waals surface area contributed by atoms with Gasteiger partial charge in [0.1, 0.15) is 7.11 Å². The van der Waals surface area contributed by atoms with E-state index in [0.29, 0.717) is 22.4 Å². The van der Waals surface area contributed by atoms with Crippen LogP contribution in [0.5, 0.6) is 0 Å². The second kappa shape index (κ2) is 4.28. The maximum Gasteiger partial charge on any atom is 0.266 e. The van der Waals surface area contributed by atoms with E-state index in [0.717, 1.165) is 11.3 Å². The highest BCUT2D eigenvalue weighted by atomic mass is 16.6. The molecule has 0 aliphatic carbocycles. The molecular weight excluding hydrogens is 266 g/mol. The molecule has 0 amide bonds. The number of fused-ring (bicyclic) bond motifs is 4. The molecule has 0 saturated carbocycles. The minimum absolute atomic E-state index is 0.0932. The van der Waals surface area contributed by atoms with E-state index in [2.05, 4.69) is 10.1 Å². The van der Waals surface area contributed by atoms with Gasteiger partial charge in [-0.15, -0.1) is 0 Å². The van der Waals surface area contributed by atoms with Gasteiger partial charge >= 0.3 is 0 Å². The Bertz CT molecular complexity index is 957. The molecule has 3 aromatic rings. The summed E-state index contributed by atoms with van der Waals surface area (Å²) in [5.74, 6) is 0.516. The summed E-state index contributed by atoms with van der Waals surface area (Å²) >= 11 is 0. The summed E-state index contributed by atoms with van der Waals surface area (Å²) in [6.45, 7) is 0. The lowest BCUT2D eigenvalue weighted by atomic mass is 10.1. The van der Waals surface area contributed by atoms with Crippen LogP contribution in [-0.2, 0) is 4.84 Å².